The van der Waals surface area contributed by atoms with Gasteiger partial charge in [0.1, 0.15) is 11.4 Å². The summed E-state index contributed by atoms with van der Waals surface area (Å²) in [5, 5.41) is 3.30. The maximum absolute atomic E-state index is 13.6. The average Bonchev–Trinajstić information content (AvgIpc) is 3.05. The number of nitrogens with one attached hydrogen (secondary N) is 1. The molecule has 10 nitrogen and oxygen atoms in total. The highest BCUT2D eigenvalue weighted by Crippen LogP contribution is 2.33. The first-order valence-corrected chi connectivity index (χ1v) is 15.8. The predicted molar refractivity (Wildman–Crippen MR) is 162 cm³/mol. The minimum atomic E-state index is -4.73. The number of ether oxygens (including phenoxy) is 4. The molecule has 248 valence electrons. The molecule has 4 saturated heterocycles. The standard InChI is InChI=1S/C32H44F3N5O5/c1-21(22(2)37-18-26-4-3-5-28(44-26)23-6-8-25(9-7-23)45-32(33,34)35)30(38-20-36)31(41)39-13-10-24(11-14-39)40-15-17-43-29-19-42-16-12-27(29)40/h6-9,20,24,26-29,37H,2-5,10-19H2,1H3,(H2,36,38)/b30-21-/t26-,27-,28+,29+/m1/s1. The summed E-state index contributed by atoms with van der Waals surface area (Å²) < 4.78 is 59.3. The number of piperidine rings is 1. The van der Waals surface area contributed by atoms with E-state index in [0.29, 0.717) is 56.2 Å². The number of hydrogen-bond donors (Lipinski definition) is 2. The summed E-state index contributed by atoms with van der Waals surface area (Å²) in [7, 11) is 0. The van der Waals surface area contributed by atoms with Gasteiger partial charge in [-0.1, -0.05) is 18.7 Å². The highest BCUT2D eigenvalue weighted by molar-refractivity contribution is 5.95. The molecule has 5 rings (SSSR count). The zero-order valence-electron chi connectivity index (χ0n) is 25.8. The van der Waals surface area contributed by atoms with Crippen LogP contribution in [-0.2, 0) is 19.0 Å². The molecule has 0 radical (unpaired) electrons. The molecule has 4 aliphatic rings. The number of hydrogen-bond acceptors (Lipinski definition) is 8. The fraction of sp³-hybridized carbons (Fsp3) is 0.625. The van der Waals surface area contributed by atoms with Crippen LogP contribution in [0.3, 0.4) is 0 Å². The second kappa shape index (κ2) is 15.0. The quantitative estimate of drug-likeness (QED) is 0.181. The fourth-order valence-corrected chi connectivity index (χ4v) is 6.80. The molecule has 0 unspecified atom stereocenters. The smallest absolute Gasteiger partial charge is 0.406 e. The number of aliphatic imine (C=N–C) groups is 1. The van der Waals surface area contributed by atoms with Gasteiger partial charge >= 0.3 is 6.36 Å². The summed E-state index contributed by atoms with van der Waals surface area (Å²) in [5.41, 5.74) is 7.87. The van der Waals surface area contributed by atoms with E-state index in [2.05, 4.69) is 26.5 Å². The van der Waals surface area contributed by atoms with Crippen molar-refractivity contribution in [2.24, 2.45) is 10.7 Å². The maximum atomic E-state index is 13.6. The van der Waals surface area contributed by atoms with E-state index < -0.39 is 6.36 Å². The first-order valence-electron chi connectivity index (χ1n) is 15.8. The summed E-state index contributed by atoms with van der Waals surface area (Å²) in [6.45, 7) is 10.7. The molecule has 4 atom stereocenters. The number of benzene rings is 1. The van der Waals surface area contributed by atoms with Crippen LogP contribution >= 0.6 is 0 Å². The molecule has 0 spiro atoms. The molecule has 4 heterocycles. The van der Waals surface area contributed by atoms with Crippen molar-refractivity contribution in [2.75, 3.05) is 46.0 Å². The Morgan fingerprint density at radius 1 is 1.13 bits per heavy atom. The molecule has 45 heavy (non-hydrogen) atoms. The SMILES string of the molecule is C=C(NC[C@H]1CCC[C@@H](c2ccc(OC(F)(F)F)cc2)O1)/C(C)=C(\N=CN)C(=O)N1CCC(N2CCO[C@H]3COCC[C@H]32)CC1. The van der Waals surface area contributed by atoms with Crippen molar-refractivity contribution in [3.63, 3.8) is 0 Å². The molecular weight excluding hydrogens is 591 g/mol. The number of carbonyl (C=O) groups is 1. The van der Waals surface area contributed by atoms with Crippen molar-refractivity contribution < 1.29 is 36.9 Å². The lowest BCUT2D eigenvalue weighted by atomic mass is 9.95. The van der Waals surface area contributed by atoms with Gasteiger partial charge in [-0.25, -0.2) is 4.99 Å². The molecule has 0 aromatic heterocycles. The molecular formula is C32H44F3N5O5. The van der Waals surface area contributed by atoms with E-state index in [1.165, 1.54) is 12.1 Å². The summed E-state index contributed by atoms with van der Waals surface area (Å²) in [4.78, 5) is 22.3. The summed E-state index contributed by atoms with van der Waals surface area (Å²) >= 11 is 0. The van der Waals surface area contributed by atoms with E-state index in [4.69, 9.17) is 19.9 Å². The number of nitrogens with two attached hydrogens (primary N) is 1. The first-order chi connectivity index (χ1) is 21.6. The Morgan fingerprint density at radius 3 is 2.60 bits per heavy atom. The van der Waals surface area contributed by atoms with Gasteiger partial charge in [0.2, 0.25) is 0 Å². The average molecular weight is 636 g/mol. The van der Waals surface area contributed by atoms with Crippen molar-refractivity contribution >= 4 is 12.2 Å². The Kier molecular flexibility index (Phi) is 11.1. The summed E-state index contributed by atoms with van der Waals surface area (Å²) in [6.07, 6.45) is 1.34. The molecule has 3 N–H and O–H groups in total. The molecule has 4 aliphatic heterocycles. The third kappa shape index (κ3) is 8.57. The van der Waals surface area contributed by atoms with Crippen molar-refractivity contribution in [2.45, 2.75) is 82.2 Å². The lowest BCUT2D eigenvalue weighted by Crippen LogP contribution is -2.60. The van der Waals surface area contributed by atoms with Crippen LogP contribution in [0.5, 0.6) is 5.75 Å². The zero-order valence-corrected chi connectivity index (χ0v) is 25.8. The Morgan fingerprint density at radius 2 is 1.89 bits per heavy atom. The number of carbonyl (C=O) groups excluding carboxylic acids is 1. The van der Waals surface area contributed by atoms with Gasteiger partial charge in [0.15, 0.2) is 0 Å². The topological polar surface area (TPSA) is 111 Å². The van der Waals surface area contributed by atoms with Gasteiger partial charge in [-0.15, -0.1) is 13.2 Å². The third-order valence-electron chi connectivity index (χ3n) is 9.19. The van der Waals surface area contributed by atoms with E-state index in [1.54, 1.807) is 19.1 Å². The Hall–Kier alpha value is -3.13. The van der Waals surface area contributed by atoms with Gasteiger partial charge in [0.05, 0.1) is 37.9 Å². The monoisotopic (exact) mass is 635 g/mol. The number of alkyl halides is 3. The highest BCUT2D eigenvalue weighted by Gasteiger charge is 2.40. The largest absolute Gasteiger partial charge is 0.573 e. The van der Waals surface area contributed by atoms with Gasteiger partial charge in [-0.05, 0) is 63.1 Å². The Balaban J connectivity index is 1.14. The normalized spacial score (nSPS) is 27.5. The molecule has 1 aromatic rings. The van der Waals surface area contributed by atoms with Gasteiger partial charge < -0.3 is 34.9 Å². The maximum Gasteiger partial charge on any atom is 0.573 e. The lowest BCUT2D eigenvalue weighted by Gasteiger charge is -2.49. The molecule has 0 saturated carbocycles. The van der Waals surface area contributed by atoms with Crippen molar-refractivity contribution in [3.05, 3.63) is 53.4 Å². The van der Waals surface area contributed by atoms with Crippen LogP contribution in [0.15, 0.2) is 52.8 Å². The number of morpholine rings is 1. The molecule has 1 amide bonds. The number of rotatable bonds is 9. The molecule has 13 heteroatoms. The fourth-order valence-electron chi connectivity index (χ4n) is 6.80. The van der Waals surface area contributed by atoms with Gasteiger partial charge in [-0.2, -0.15) is 0 Å². The van der Waals surface area contributed by atoms with Gasteiger partial charge in [0.25, 0.3) is 5.91 Å². The lowest BCUT2D eigenvalue weighted by molar-refractivity contribution is -0.274. The van der Waals surface area contributed by atoms with Crippen LogP contribution in [0.4, 0.5) is 13.2 Å². The van der Waals surface area contributed by atoms with E-state index in [1.807, 2.05) is 4.90 Å². The Labute approximate surface area is 262 Å². The molecule has 4 fully saturated rings. The third-order valence-corrected chi connectivity index (χ3v) is 9.19. The number of likely N-dealkylation sites (tertiary alicyclic amines) is 1. The number of nitrogens with zero attached hydrogens (tertiary/aromatic N) is 3. The number of halogens is 3. The minimum absolute atomic E-state index is 0.125. The first kappa shape index (κ1) is 33.2. The van der Waals surface area contributed by atoms with Crippen LogP contribution in [0.1, 0.15) is 57.1 Å². The van der Waals surface area contributed by atoms with Crippen LogP contribution in [-0.4, -0.2) is 98.7 Å². The van der Waals surface area contributed by atoms with Crippen LogP contribution in [0.25, 0.3) is 0 Å². The van der Waals surface area contributed by atoms with Gasteiger partial charge in [0, 0.05) is 56.1 Å². The second-order valence-corrected chi connectivity index (χ2v) is 12.0. The zero-order chi connectivity index (χ0) is 32.0. The van der Waals surface area contributed by atoms with Crippen LogP contribution < -0.4 is 15.8 Å². The summed E-state index contributed by atoms with van der Waals surface area (Å²) in [5.74, 6) is -0.438. The number of amides is 1. The van der Waals surface area contributed by atoms with Crippen LogP contribution in [0.2, 0.25) is 0 Å². The molecule has 1 aromatic carbocycles. The predicted octanol–water partition coefficient (Wildman–Crippen LogP) is 4.04. The van der Waals surface area contributed by atoms with Crippen molar-refractivity contribution in [1.82, 2.24) is 15.1 Å². The Bertz CT molecular complexity index is 1230. The molecule has 0 aliphatic carbocycles. The van der Waals surface area contributed by atoms with Gasteiger partial charge in [-0.3, -0.25) is 9.69 Å². The summed E-state index contributed by atoms with van der Waals surface area (Å²) in [6, 6.07) is 6.57. The van der Waals surface area contributed by atoms with E-state index in [0.717, 1.165) is 63.6 Å². The number of fused-ring (bicyclic) bond motifs is 1. The highest BCUT2D eigenvalue weighted by atomic mass is 19.4. The second-order valence-electron chi connectivity index (χ2n) is 12.0. The minimum Gasteiger partial charge on any atom is -0.406 e. The van der Waals surface area contributed by atoms with Crippen molar-refractivity contribution in [3.8, 4) is 5.75 Å². The van der Waals surface area contributed by atoms with E-state index in [9.17, 15) is 18.0 Å². The number of allylic oxidation sites excluding steroid dienone is 1. The van der Waals surface area contributed by atoms with Crippen molar-refractivity contribution in [1.29, 1.82) is 0 Å². The van der Waals surface area contributed by atoms with E-state index in [-0.39, 0.29) is 35.7 Å². The molecule has 0 bridgehead atoms. The van der Waals surface area contributed by atoms with E-state index >= 15 is 0 Å². The van der Waals surface area contributed by atoms with Crippen LogP contribution in [0, 0.1) is 0 Å².